The van der Waals surface area contributed by atoms with Crippen LogP contribution in [0.2, 0.25) is 0 Å². The van der Waals surface area contributed by atoms with E-state index in [-0.39, 0.29) is 5.56 Å². The van der Waals surface area contributed by atoms with Gasteiger partial charge in [0, 0.05) is 11.4 Å². The molecule has 2 rings (SSSR count). The second kappa shape index (κ2) is 5.10. The van der Waals surface area contributed by atoms with Crippen LogP contribution < -0.4 is 11.1 Å². The van der Waals surface area contributed by atoms with E-state index in [9.17, 15) is 4.79 Å². The van der Waals surface area contributed by atoms with Crippen molar-refractivity contribution in [3.63, 3.8) is 0 Å². The number of nitrogens with one attached hydrogen (secondary N) is 1. The van der Waals surface area contributed by atoms with Gasteiger partial charge in [0.25, 0.3) is 0 Å². The summed E-state index contributed by atoms with van der Waals surface area (Å²) in [6.45, 7) is 0. The van der Waals surface area contributed by atoms with E-state index in [1.807, 2.05) is 6.07 Å². The minimum absolute atomic E-state index is 0.101. The molecule has 0 radical (unpaired) electrons. The number of nitriles is 1. The van der Waals surface area contributed by atoms with Gasteiger partial charge in [0.15, 0.2) is 0 Å². The maximum absolute atomic E-state index is 11.1. The molecular weight excluding hydrogens is 242 g/mol. The van der Waals surface area contributed by atoms with Crippen molar-refractivity contribution in [2.24, 2.45) is 0 Å². The third kappa shape index (κ3) is 2.82. The number of rotatable bonds is 3. The molecule has 0 amide bonds. The highest BCUT2D eigenvalue weighted by molar-refractivity contribution is 5.96. The summed E-state index contributed by atoms with van der Waals surface area (Å²) in [4.78, 5) is 11.1. The van der Waals surface area contributed by atoms with E-state index in [0.29, 0.717) is 22.6 Å². The van der Waals surface area contributed by atoms with Crippen molar-refractivity contribution in [2.75, 3.05) is 11.1 Å². The van der Waals surface area contributed by atoms with Gasteiger partial charge in [-0.2, -0.15) is 5.26 Å². The smallest absolute Gasteiger partial charge is 0.337 e. The van der Waals surface area contributed by atoms with Crippen LogP contribution in [-0.2, 0) is 0 Å². The van der Waals surface area contributed by atoms with E-state index < -0.39 is 5.97 Å². The van der Waals surface area contributed by atoms with Crippen LogP contribution in [0, 0.1) is 11.3 Å². The third-order valence-electron chi connectivity index (χ3n) is 2.57. The fourth-order valence-electron chi connectivity index (χ4n) is 1.63. The summed E-state index contributed by atoms with van der Waals surface area (Å²) in [5.74, 6) is -1.05. The molecule has 0 atom stereocenters. The van der Waals surface area contributed by atoms with Crippen LogP contribution >= 0.6 is 0 Å². The van der Waals surface area contributed by atoms with E-state index in [2.05, 4.69) is 5.32 Å². The van der Waals surface area contributed by atoms with Gasteiger partial charge in [-0.3, -0.25) is 0 Å². The highest BCUT2D eigenvalue weighted by Gasteiger charge is 2.10. The molecule has 0 fully saturated rings. The number of anilines is 3. The number of nitrogens with two attached hydrogens (primary N) is 1. The topological polar surface area (TPSA) is 99.1 Å². The van der Waals surface area contributed by atoms with Gasteiger partial charge in [0.05, 0.1) is 22.9 Å². The number of hydrogen-bond donors (Lipinski definition) is 3. The Hall–Kier alpha value is -3.00. The lowest BCUT2D eigenvalue weighted by molar-refractivity contribution is 0.0698. The summed E-state index contributed by atoms with van der Waals surface area (Å²) in [7, 11) is 0. The van der Waals surface area contributed by atoms with E-state index in [4.69, 9.17) is 16.1 Å². The molecule has 0 aliphatic heterocycles. The minimum Gasteiger partial charge on any atom is -0.478 e. The normalized spacial score (nSPS) is 9.63. The molecule has 5 heteroatoms. The predicted molar refractivity (Wildman–Crippen MR) is 72.3 cm³/mol. The number of carboxylic acid groups (broad SMARTS) is 1. The first-order chi connectivity index (χ1) is 9.10. The zero-order valence-electron chi connectivity index (χ0n) is 9.92. The van der Waals surface area contributed by atoms with E-state index in [1.165, 1.54) is 6.07 Å². The predicted octanol–water partition coefficient (Wildman–Crippen LogP) is 2.58. The molecule has 5 nitrogen and oxygen atoms in total. The maximum atomic E-state index is 11.1. The lowest BCUT2D eigenvalue weighted by Crippen LogP contribution is -2.03. The van der Waals surface area contributed by atoms with Gasteiger partial charge in [-0.15, -0.1) is 0 Å². The molecule has 0 aromatic heterocycles. The molecule has 0 spiro atoms. The summed E-state index contributed by atoms with van der Waals surface area (Å²) in [5.41, 5.74) is 7.76. The van der Waals surface area contributed by atoms with Crippen LogP contribution in [0.15, 0.2) is 42.5 Å². The zero-order chi connectivity index (χ0) is 13.8. The summed E-state index contributed by atoms with van der Waals surface area (Å²) in [5, 5.41) is 20.8. The SMILES string of the molecule is N#Cc1ccc(Nc2ccc(N)cc2C(=O)O)cc1. The fraction of sp³-hybridized carbons (Fsp3) is 0. The van der Waals surface area contributed by atoms with Crippen LogP contribution in [0.3, 0.4) is 0 Å². The van der Waals surface area contributed by atoms with E-state index in [0.717, 1.165) is 0 Å². The van der Waals surface area contributed by atoms with Gasteiger partial charge in [0.2, 0.25) is 0 Å². The first-order valence-corrected chi connectivity index (χ1v) is 5.50. The lowest BCUT2D eigenvalue weighted by atomic mass is 10.1. The van der Waals surface area contributed by atoms with Crippen molar-refractivity contribution in [3.8, 4) is 6.07 Å². The number of aromatic carboxylic acids is 1. The van der Waals surface area contributed by atoms with E-state index in [1.54, 1.807) is 36.4 Å². The molecule has 2 aromatic carbocycles. The number of nitrogens with zero attached hydrogens (tertiary/aromatic N) is 1. The molecule has 0 saturated heterocycles. The molecule has 0 aliphatic rings. The Kier molecular flexibility index (Phi) is 3.35. The molecule has 94 valence electrons. The average Bonchev–Trinajstić information content (AvgIpc) is 2.41. The highest BCUT2D eigenvalue weighted by Crippen LogP contribution is 2.23. The van der Waals surface area contributed by atoms with Crippen LogP contribution in [0.1, 0.15) is 15.9 Å². The Bertz CT molecular complexity index is 657. The van der Waals surface area contributed by atoms with Crippen molar-refractivity contribution in [3.05, 3.63) is 53.6 Å². The average molecular weight is 253 g/mol. The Morgan fingerprint density at radius 3 is 2.47 bits per heavy atom. The van der Waals surface area contributed by atoms with Gasteiger partial charge >= 0.3 is 5.97 Å². The molecular formula is C14H11N3O2. The van der Waals surface area contributed by atoms with Gasteiger partial charge in [-0.25, -0.2) is 4.79 Å². The van der Waals surface area contributed by atoms with Crippen LogP contribution in [-0.4, -0.2) is 11.1 Å². The van der Waals surface area contributed by atoms with Gasteiger partial charge < -0.3 is 16.2 Å². The second-order valence-electron chi connectivity index (χ2n) is 3.92. The monoisotopic (exact) mass is 253 g/mol. The number of carbonyl (C=O) groups is 1. The molecule has 0 heterocycles. The standard InChI is InChI=1S/C14H11N3O2/c15-8-9-1-4-11(5-2-9)17-13-6-3-10(16)7-12(13)14(18)19/h1-7,17H,16H2,(H,18,19). The Balaban J connectivity index is 2.32. The number of nitrogen functional groups attached to an aromatic ring is 1. The first kappa shape index (κ1) is 12.5. The summed E-state index contributed by atoms with van der Waals surface area (Å²) < 4.78 is 0. The molecule has 19 heavy (non-hydrogen) atoms. The molecule has 0 saturated carbocycles. The Labute approximate surface area is 109 Å². The third-order valence-corrected chi connectivity index (χ3v) is 2.57. The Morgan fingerprint density at radius 1 is 1.21 bits per heavy atom. The molecule has 2 aromatic rings. The number of hydrogen-bond acceptors (Lipinski definition) is 4. The largest absolute Gasteiger partial charge is 0.478 e. The van der Waals surface area contributed by atoms with Gasteiger partial charge in [0.1, 0.15) is 0 Å². The number of carboxylic acids is 1. The molecule has 0 bridgehead atoms. The summed E-state index contributed by atoms with van der Waals surface area (Å²) in [6.07, 6.45) is 0. The number of benzene rings is 2. The van der Waals surface area contributed by atoms with Crippen molar-refractivity contribution >= 4 is 23.0 Å². The summed E-state index contributed by atoms with van der Waals surface area (Å²) in [6, 6.07) is 13.4. The second-order valence-corrected chi connectivity index (χ2v) is 3.92. The van der Waals surface area contributed by atoms with Crippen molar-refractivity contribution < 1.29 is 9.90 Å². The molecule has 0 aliphatic carbocycles. The lowest BCUT2D eigenvalue weighted by Gasteiger charge is -2.10. The van der Waals surface area contributed by atoms with Crippen molar-refractivity contribution in [1.82, 2.24) is 0 Å². The van der Waals surface area contributed by atoms with Gasteiger partial charge in [-0.05, 0) is 42.5 Å². The first-order valence-electron chi connectivity index (χ1n) is 5.50. The molecule has 4 N–H and O–H groups in total. The van der Waals surface area contributed by atoms with Gasteiger partial charge in [-0.1, -0.05) is 0 Å². The minimum atomic E-state index is -1.05. The quantitative estimate of drug-likeness (QED) is 0.730. The fourth-order valence-corrected chi connectivity index (χ4v) is 1.63. The Morgan fingerprint density at radius 2 is 1.89 bits per heavy atom. The van der Waals surface area contributed by atoms with Crippen LogP contribution in [0.25, 0.3) is 0 Å². The van der Waals surface area contributed by atoms with Crippen LogP contribution in [0.5, 0.6) is 0 Å². The summed E-state index contributed by atoms with van der Waals surface area (Å²) >= 11 is 0. The van der Waals surface area contributed by atoms with Crippen molar-refractivity contribution in [2.45, 2.75) is 0 Å². The zero-order valence-corrected chi connectivity index (χ0v) is 9.92. The highest BCUT2D eigenvalue weighted by atomic mass is 16.4. The van der Waals surface area contributed by atoms with E-state index >= 15 is 0 Å². The van der Waals surface area contributed by atoms with Crippen LogP contribution in [0.4, 0.5) is 17.1 Å². The van der Waals surface area contributed by atoms with Crippen molar-refractivity contribution in [1.29, 1.82) is 5.26 Å². The molecule has 0 unspecified atom stereocenters. The maximum Gasteiger partial charge on any atom is 0.337 e.